The van der Waals surface area contributed by atoms with E-state index >= 15 is 0 Å². The van der Waals surface area contributed by atoms with Gasteiger partial charge in [0.1, 0.15) is 5.65 Å². The number of hydrogen-bond acceptors (Lipinski definition) is 7. The topological polar surface area (TPSA) is 176 Å². The monoisotopic (exact) mass is 676 g/mol. The Hall–Kier alpha value is -1.79. The first-order valence-corrected chi connectivity index (χ1v) is 20.1. The van der Waals surface area contributed by atoms with Crippen molar-refractivity contribution in [3.05, 3.63) is 31.3 Å². The summed E-state index contributed by atoms with van der Waals surface area (Å²) in [6.45, 7) is 4.37. The molecule has 0 radical (unpaired) electrons. The van der Waals surface area contributed by atoms with E-state index in [0.29, 0.717) is 12.4 Å². The molecule has 3 atom stereocenters. The molecule has 4 N–H and O–H groups in total. The minimum atomic E-state index is -4.98. The van der Waals surface area contributed by atoms with Gasteiger partial charge in [-0.15, -0.1) is 0 Å². The number of imidazole rings is 1. The van der Waals surface area contributed by atoms with E-state index in [2.05, 4.69) is 28.8 Å². The second-order valence-electron chi connectivity index (χ2n) is 12.0. The molecule has 0 saturated heterocycles. The third-order valence-electron chi connectivity index (χ3n) is 7.94. The Labute approximate surface area is 269 Å². The Morgan fingerprint density at radius 2 is 1.27 bits per heavy atom. The molecule has 3 unspecified atom stereocenters. The summed E-state index contributed by atoms with van der Waals surface area (Å²) in [5.74, 6) is 0.617. The first-order valence-electron chi connectivity index (χ1n) is 17.1. The van der Waals surface area contributed by atoms with Crippen molar-refractivity contribution in [2.45, 2.75) is 142 Å². The van der Waals surface area contributed by atoms with Crippen molar-refractivity contribution in [2.75, 3.05) is 24.7 Å². The molecule has 260 valence electrons. The van der Waals surface area contributed by atoms with Crippen LogP contribution in [0.25, 0.3) is 11.2 Å². The highest BCUT2D eigenvalue weighted by Gasteiger charge is 2.30. The number of ether oxygens (including phenoxy) is 1. The minimum absolute atomic E-state index is 0.0664. The molecule has 0 aliphatic carbocycles. The number of rotatable bonds is 28. The van der Waals surface area contributed by atoms with E-state index in [0.717, 1.165) is 38.5 Å². The van der Waals surface area contributed by atoms with Gasteiger partial charge in [0.2, 0.25) is 0 Å². The number of H-pyrrole nitrogens is 3. The number of aromatic amines is 3. The lowest BCUT2D eigenvalue weighted by molar-refractivity contribution is 0.0288. The van der Waals surface area contributed by atoms with Crippen LogP contribution in [-0.4, -0.2) is 59.2 Å². The maximum Gasteiger partial charge on any atom is 0.443 e. The molecule has 0 saturated carbocycles. The number of hydrogen-bond donors (Lipinski definition) is 4. The van der Waals surface area contributed by atoms with Crippen molar-refractivity contribution in [3.8, 4) is 0 Å². The van der Waals surface area contributed by atoms with Gasteiger partial charge in [0, 0.05) is 23.2 Å². The molecule has 2 rings (SSSR count). The summed E-state index contributed by atoms with van der Waals surface area (Å²) in [5.41, 5.74) is -3.66. The van der Waals surface area contributed by atoms with Crippen LogP contribution in [-0.2, 0) is 24.6 Å². The van der Waals surface area contributed by atoms with Crippen molar-refractivity contribution in [2.24, 2.45) is 0 Å². The molecule has 0 aromatic carbocycles. The summed E-state index contributed by atoms with van der Waals surface area (Å²) in [6, 6.07) is 0. The molecular weight excluding hydrogens is 619 g/mol. The van der Waals surface area contributed by atoms with Gasteiger partial charge in [0.05, 0.1) is 18.5 Å². The predicted molar refractivity (Wildman–Crippen MR) is 182 cm³/mol. The zero-order chi connectivity index (χ0) is 32.9. The molecule has 14 heteroatoms. The fourth-order valence-corrected chi connectivity index (χ4v) is 7.70. The van der Waals surface area contributed by atoms with E-state index < -0.39 is 48.2 Å². The van der Waals surface area contributed by atoms with Crippen LogP contribution in [0.15, 0.2) is 14.4 Å². The van der Waals surface area contributed by atoms with Crippen LogP contribution in [0.1, 0.15) is 136 Å². The van der Waals surface area contributed by atoms with Crippen molar-refractivity contribution in [1.82, 2.24) is 19.3 Å². The Kier molecular flexibility index (Phi) is 19.9. The van der Waals surface area contributed by atoms with Gasteiger partial charge >= 0.3 is 19.1 Å². The highest BCUT2D eigenvalue weighted by Crippen LogP contribution is 2.40. The fraction of sp³-hybridized carbons (Fsp3) is 0.839. The lowest BCUT2D eigenvalue weighted by atomic mass is 10.1. The lowest BCUT2D eigenvalue weighted by Gasteiger charge is -2.20. The highest BCUT2D eigenvalue weighted by molar-refractivity contribution is 7.85. The largest absolute Gasteiger partial charge is 0.443 e. The van der Waals surface area contributed by atoms with E-state index in [4.69, 9.17) is 9.26 Å². The molecular formula is C31H57N4O8PS. The number of fused-ring (bicyclic) bond motifs is 1. The average molecular weight is 677 g/mol. The van der Waals surface area contributed by atoms with Crippen molar-refractivity contribution in [1.29, 1.82) is 0 Å². The van der Waals surface area contributed by atoms with Gasteiger partial charge < -0.3 is 9.63 Å². The Morgan fingerprint density at radius 3 is 1.82 bits per heavy atom. The van der Waals surface area contributed by atoms with Gasteiger partial charge in [-0.3, -0.25) is 28.5 Å². The summed E-state index contributed by atoms with van der Waals surface area (Å²) in [5, 5.41) is 0. The summed E-state index contributed by atoms with van der Waals surface area (Å²) in [4.78, 5) is 54.0. The van der Waals surface area contributed by atoms with Crippen molar-refractivity contribution < 1.29 is 22.9 Å². The van der Waals surface area contributed by atoms with Crippen molar-refractivity contribution >= 4 is 29.7 Å². The maximum atomic E-state index is 13.0. The zero-order valence-corrected chi connectivity index (χ0v) is 29.2. The van der Waals surface area contributed by atoms with Crippen LogP contribution >= 0.6 is 7.75 Å². The SMILES string of the molecule is CCCCCCCCCCCCCS(=O)CC(COP(=O)(O)n1c(=O)[nH]c2[nH]c(=O)[nH]c2c1=O)OCCCCCCCCCC. The summed E-state index contributed by atoms with van der Waals surface area (Å²) in [6.07, 6.45) is 21.4. The lowest BCUT2D eigenvalue weighted by Crippen LogP contribution is -2.35. The molecule has 0 aliphatic rings. The molecule has 2 heterocycles. The van der Waals surface area contributed by atoms with Crippen LogP contribution < -0.4 is 16.9 Å². The van der Waals surface area contributed by atoms with E-state index in [1.54, 1.807) is 0 Å². The highest BCUT2D eigenvalue weighted by atomic mass is 32.2. The van der Waals surface area contributed by atoms with E-state index in [-0.39, 0.29) is 21.3 Å². The van der Waals surface area contributed by atoms with E-state index in [1.165, 1.54) is 83.5 Å². The minimum Gasteiger partial charge on any atom is -0.375 e. The van der Waals surface area contributed by atoms with Gasteiger partial charge in [0.15, 0.2) is 5.52 Å². The third kappa shape index (κ3) is 15.6. The molecule has 12 nitrogen and oxygen atoms in total. The third-order valence-corrected chi connectivity index (χ3v) is 10.8. The Bertz CT molecular complexity index is 1340. The second kappa shape index (κ2) is 22.7. The van der Waals surface area contributed by atoms with Crippen LogP contribution in [0.2, 0.25) is 0 Å². The second-order valence-corrected chi connectivity index (χ2v) is 15.2. The maximum absolute atomic E-state index is 13.0. The first-order chi connectivity index (χ1) is 21.7. The molecule has 45 heavy (non-hydrogen) atoms. The van der Waals surface area contributed by atoms with Gasteiger partial charge in [0.25, 0.3) is 5.56 Å². The zero-order valence-electron chi connectivity index (χ0n) is 27.4. The quantitative estimate of drug-likeness (QED) is 0.0603. The summed E-state index contributed by atoms with van der Waals surface area (Å²) in [7, 11) is -6.21. The van der Waals surface area contributed by atoms with Gasteiger partial charge in [-0.2, -0.15) is 4.34 Å². The van der Waals surface area contributed by atoms with Crippen molar-refractivity contribution in [3.63, 3.8) is 0 Å². The number of unbranched alkanes of at least 4 members (excludes halogenated alkanes) is 17. The molecule has 2 aromatic heterocycles. The van der Waals surface area contributed by atoms with Crippen LogP contribution in [0.4, 0.5) is 0 Å². The van der Waals surface area contributed by atoms with Gasteiger partial charge in [-0.05, 0) is 12.8 Å². The molecule has 0 bridgehead atoms. The van der Waals surface area contributed by atoms with Gasteiger partial charge in [-0.25, -0.2) is 14.2 Å². The molecule has 0 fully saturated rings. The average Bonchev–Trinajstić information content (AvgIpc) is 3.37. The normalized spacial score (nSPS) is 14.6. The Morgan fingerprint density at radius 1 is 0.756 bits per heavy atom. The van der Waals surface area contributed by atoms with Crippen LogP contribution in [0.3, 0.4) is 0 Å². The molecule has 0 amide bonds. The van der Waals surface area contributed by atoms with Crippen LogP contribution in [0, 0.1) is 0 Å². The molecule has 0 spiro atoms. The predicted octanol–water partition coefficient (Wildman–Crippen LogP) is 6.26. The smallest absolute Gasteiger partial charge is 0.375 e. The number of nitrogens with zero attached hydrogens (tertiary/aromatic N) is 1. The van der Waals surface area contributed by atoms with E-state index in [9.17, 15) is 28.1 Å². The van der Waals surface area contributed by atoms with Gasteiger partial charge in [-0.1, -0.05) is 123 Å². The summed E-state index contributed by atoms with van der Waals surface area (Å²) >= 11 is 0. The Balaban J connectivity index is 1.86. The molecule has 2 aromatic rings. The molecule has 0 aliphatic heterocycles. The first kappa shape index (κ1) is 39.4. The number of nitrogens with one attached hydrogen (secondary N) is 3. The fourth-order valence-electron chi connectivity index (χ4n) is 5.31. The standard InChI is InChI=1S/C31H57N4O8PS/c1-3-5-7-9-11-13-14-15-17-19-21-23-45(41)25-26(42-22-20-18-16-12-10-8-6-4-2)24-43-44(39,40)35-29(36)27-28(34-31(35)38)33-30(37)32-27/h26H,3-25H2,1-2H3,(H,34,38)(H,39,40)(H2,32,33,37). The summed E-state index contributed by atoms with van der Waals surface area (Å²) < 4.78 is 37.2. The number of aromatic nitrogens is 4. The van der Waals surface area contributed by atoms with Crippen LogP contribution in [0.5, 0.6) is 0 Å². The van der Waals surface area contributed by atoms with E-state index in [1.807, 2.05) is 0 Å².